The van der Waals surface area contributed by atoms with E-state index < -0.39 is 0 Å². The van der Waals surface area contributed by atoms with Crippen LogP contribution in [-0.2, 0) is 12.8 Å². The first kappa shape index (κ1) is 13.7. The Morgan fingerprint density at radius 2 is 2.05 bits per heavy atom. The Kier molecular flexibility index (Phi) is 5.09. The van der Waals surface area contributed by atoms with Crippen molar-refractivity contribution in [1.82, 2.24) is 15.0 Å². The van der Waals surface area contributed by atoms with Crippen LogP contribution in [0.25, 0.3) is 0 Å². The van der Waals surface area contributed by atoms with Gasteiger partial charge in [0, 0.05) is 37.9 Å². The fourth-order valence-corrected chi connectivity index (χ4v) is 2.32. The number of anilines is 2. The van der Waals surface area contributed by atoms with Crippen LogP contribution in [0, 0.1) is 0 Å². The molecule has 0 bridgehead atoms. The lowest BCUT2D eigenvalue weighted by molar-refractivity contribution is 0.834. The van der Waals surface area contributed by atoms with Gasteiger partial charge in [0.1, 0.15) is 17.5 Å². The Morgan fingerprint density at radius 3 is 2.74 bits per heavy atom. The second-order valence-electron chi connectivity index (χ2n) is 4.21. The van der Waals surface area contributed by atoms with Crippen LogP contribution < -0.4 is 10.6 Å². The average Bonchev–Trinajstić information content (AvgIpc) is 2.92. The summed E-state index contributed by atoms with van der Waals surface area (Å²) in [5, 5.41) is 8.47. The first-order valence-electron chi connectivity index (χ1n) is 6.48. The van der Waals surface area contributed by atoms with Gasteiger partial charge in [-0.3, -0.25) is 0 Å². The summed E-state index contributed by atoms with van der Waals surface area (Å²) in [4.78, 5) is 13.2. The molecule has 5 nitrogen and oxygen atoms in total. The number of rotatable bonds is 7. The van der Waals surface area contributed by atoms with E-state index in [9.17, 15) is 0 Å². The molecule has 2 aromatic heterocycles. The SMILES string of the molecule is CCCc1nc(NC)cc(NCCc2cscn2)n1. The predicted octanol–water partition coefficient (Wildman–Crippen LogP) is 2.58. The number of aryl methyl sites for hydroxylation is 1. The standard InChI is InChI=1S/C13H19N5S/c1-3-4-11-17-12(14-2)7-13(18-11)15-6-5-10-8-19-9-16-10/h7-9H,3-6H2,1-2H3,(H2,14,15,17,18). The highest BCUT2D eigenvalue weighted by atomic mass is 32.1. The molecule has 0 aliphatic heterocycles. The summed E-state index contributed by atoms with van der Waals surface area (Å²) >= 11 is 1.63. The van der Waals surface area contributed by atoms with E-state index in [-0.39, 0.29) is 0 Å². The van der Waals surface area contributed by atoms with Gasteiger partial charge in [0.25, 0.3) is 0 Å². The third kappa shape index (κ3) is 4.17. The Labute approximate surface area is 117 Å². The minimum atomic E-state index is 0.829. The predicted molar refractivity (Wildman–Crippen MR) is 79.9 cm³/mol. The van der Waals surface area contributed by atoms with Crippen molar-refractivity contribution in [2.45, 2.75) is 26.2 Å². The second kappa shape index (κ2) is 7.04. The van der Waals surface area contributed by atoms with Crippen molar-refractivity contribution < 1.29 is 0 Å². The van der Waals surface area contributed by atoms with E-state index in [2.05, 4.69) is 37.9 Å². The van der Waals surface area contributed by atoms with E-state index in [0.717, 1.165) is 49.0 Å². The van der Waals surface area contributed by atoms with E-state index in [1.807, 2.05) is 18.6 Å². The molecule has 0 fully saturated rings. The molecular weight excluding hydrogens is 258 g/mol. The van der Waals surface area contributed by atoms with Crippen molar-refractivity contribution in [1.29, 1.82) is 0 Å². The van der Waals surface area contributed by atoms with E-state index >= 15 is 0 Å². The molecule has 0 atom stereocenters. The number of nitrogens with one attached hydrogen (secondary N) is 2. The molecule has 2 rings (SSSR count). The zero-order valence-corrected chi connectivity index (χ0v) is 12.1. The largest absolute Gasteiger partial charge is 0.373 e. The Bertz CT molecular complexity index is 498. The quantitative estimate of drug-likeness (QED) is 0.814. The Balaban J connectivity index is 1.96. The number of aromatic nitrogens is 3. The van der Waals surface area contributed by atoms with Gasteiger partial charge in [-0.25, -0.2) is 15.0 Å². The molecule has 0 saturated carbocycles. The molecule has 2 heterocycles. The fourth-order valence-electron chi connectivity index (χ4n) is 1.73. The Hall–Kier alpha value is -1.69. The third-order valence-corrected chi connectivity index (χ3v) is 3.31. The lowest BCUT2D eigenvalue weighted by atomic mass is 10.3. The number of hydrogen-bond acceptors (Lipinski definition) is 6. The van der Waals surface area contributed by atoms with Crippen molar-refractivity contribution in [3.05, 3.63) is 28.5 Å². The highest BCUT2D eigenvalue weighted by Crippen LogP contribution is 2.12. The first-order chi connectivity index (χ1) is 9.31. The molecule has 0 aromatic carbocycles. The second-order valence-corrected chi connectivity index (χ2v) is 4.93. The van der Waals surface area contributed by atoms with Gasteiger partial charge >= 0.3 is 0 Å². The summed E-state index contributed by atoms with van der Waals surface area (Å²) in [6.45, 7) is 2.96. The van der Waals surface area contributed by atoms with E-state index in [4.69, 9.17) is 0 Å². The van der Waals surface area contributed by atoms with Gasteiger partial charge in [-0.05, 0) is 6.42 Å². The molecule has 0 amide bonds. The van der Waals surface area contributed by atoms with Crippen LogP contribution >= 0.6 is 11.3 Å². The van der Waals surface area contributed by atoms with Crippen LogP contribution in [-0.4, -0.2) is 28.5 Å². The van der Waals surface area contributed by atoms with Crippen LogP contribution in [0.1, 0.15) is 24.9 Å². The van der Waals surface area contributed by atoms with Crippen LogP contribution in [0.5, 0.6) is 0 Å². The summed E-state index contributed by atoms with van der Waals surface area (Å²) in [6, 6.07) is 1.93. The molecule has 0 radical (unpaired) electrons. The zero-order chi connectivity index (χ0) is 13.5. The smallest absolute Gasteiger partial charge is 0.133 e. The molecule has 102 valence electrons. The highest BCUT2D eigenvalue weighted by molar-refractivity contribution is 7.07. The average molecular weight is 277 g/mol. The lowest BCUT2D eigenvalue weighted by Crippen LogP contribution is -2.09. The normalized spacial score (nSPS) is 10.4. The molecule has 0 spiro atoms. The van der Waals surface area contributed by atoms with Crippen molar-refractivity contribution in [2.24, 2.45) is 0 Å². The zero-order valence-electron chi connectivity index (χ0n) is 11.3. The van der Waals surface area contributed by atoms with Crippen molar-refractivity contribution in [2.75, 3.05) is 24.2 Å². The summed E-state index contributed by atoms with van der Waals surface area (Å²) in [5.74, 6) is 2.61. The molecule has 6 heteroatoms. The van der Waals surface area contributed by atoms with Gasteiger partial charge in [0.05, 0.1) is 11.2 Å². The molecule has 0 unspecified atom stereocenters. The van der Waals surface area contributed by atoms with Gasteiger partial charge in [-0.1, -0.05) is 6.92 Å². The van der Waals surface area contributed by atoms with Crippen molar-refractivity contribution in [3.8, 4) is 0 Å². The van der Waals surface area contributed by atoms with Crippen LogP contribution in [0.4, 0.5) is 11.6 Å². The Morgan fingerprint density at radius 1 is 1.21 bits per heavy atom. The summed E-state index contributed by atoms with van der Waals surface area (Å²) in [5.41, 5.74) is 2.98. The van der Waals surface area contributed by atoms with E-state index in [1.54, 1.807) is 11.3 Å². The number of nitrogens with zero attached hydrogens (tertiary/aromatic N) is 3. The van der Waals surface area contributed by atoms with Gasteiger partial charge in [0.2, 0.25) is 0 Å². The summed E-state index contributed by atoms with van der Waals surface area (Å²) in [7, 11) is 1.87. The maximum atomic E-state index is 4.51. The third-order valence-electron chi connectivity index (χ3n) is 2.67. The van der Waals surface area contributed by atoms with Gasteiger partial charge in [-0.2, -0.15) is 0 Å². The van der Waals surface area contributed by atoms with E-state index in [0.29, 0.717) is 0 Å². The summed E-state index contributed by atoms with van der Waals surface area (Å²) in [6.07, 6.45) is 2.85. The summed E-state index contributed by atoms with van der Waals surface area (Å²) < 4.78 is 0. The minimum absolute atomic E-state index is 0.829. The molecule has 0 aliphatic carbocycles. The lowest BCUT2D eigenvalue weighted by Gasteiger charge is -2.09. The molecule has 0 saturated heterocycles. The van der Waals surface area contributed by atoms with Crippen LogP contribution in [0.15, 0.2) is 17.0 Å². The van der Waals surface area contributed by atoms with Crippen LogP contribution in [0.2, 0.25) is 0 Å². The number of thiazole rings is 1. The molecule has 0 aliphatic rings. The van der Waals surface area contributed by atoms with Gasteiger partial charge in [-0.15, -0.1) is 11.3 Å². The van der Waals surface area contributed by atoms with E-state index in [1.165, 1.54) is 0 Å². The molecular formula is C13H19N5S. The topological polar surface area (TPSA) is 62.7 Å². The first-order valence-corrected chi connectivity index (χ1v) is 7.42. The maximum absolute atomic E-state index is 4.51. The van der Waals surface area contributed by atoms with Crippen molar-refractivity contribution >= 4 is 23.0 Å². The molecule has 19 heavy (non-hydrogen) atoms. The minimum Gasteiger partial charge on any atom is -0.373 e. The van der Waals surface area contributed by atoms with Crippen molar-refractivity contribution in [3.63, 3.8) is 0 Å². The van der Waals surface area contributed by atoms with Gasteiger partial charge in [0.15, 0.2) is 0 Å². The molecule has 2 N–H and O–H groups in total. The van der Waals surface area contributed by atoms with Crippen LogP contribution in [0.3, 0.4) is 0 Å². The molecule has 2 aromatic rings. The highest BCUT2D eigenvalue weighted by Gasteiger charge is 2.03. The fraction of sp³-hybridized carbons (Fsp3) is 0.462. The number of hydrogen-bond donors (Lipinski definition) is 2. The monoisotopic (exact) mass is 277 g/mol. The van der Waals surface area contributed by atoms with Gasteiger partial charge < -0.3 is 10.6 Å². The maximum Gasteiger partial charge on any atom is 0.133 e.